The fourth-order valence-corrected chi connectivity index (χ4v) is 5.03. The van der Waals surface area contributed by atoms with Crippen molar-refractivity contribution in [1.82, 2.24) is 9.80 Å². The highest BCUT2D eigenvalue weighted by molar-refractivity contribution is 6.31. The summed E-state index contributed by atoms with van der Waals surface area (Å²) in [6.45, 7) is 8.66. The van der Waals surface area contributed by atoms with Gasteiger partial charge in [-0.15, -0.1) is 0 Å². The minimum absolute atomic E-state index is 0.254. The van der Waals surface area contributed by atoms with Gasteiger partial charge in [-0.1, -0.05) is 24.4 Å². The first-order chi connectivity index (χ1) is 14.5. The summed E-state index contributed by atoms with van der Waals surface area (Å²) in [6, 6.07) is 6.51. The molecule has 0 bridgehead atoms. The third-order valence-corrected chi connectivity index (χ3v) is 6.82. The van der Waals surface area contributed by atoms with Gasteiger partial charge in [-0.2, -0.15) is 5.26 Å². The molecule has 0 spiro atoms. The maximum atomic E-state index is 12.8. The summed E-state index contributed by atoms with van der Waals surface area (Å²) >= 11 is 6.41. The molecule has 0 aromatic heterocycles. The van der Waals surface area contributed by atoms with E-state index in [2.05, 4.69) is 41.1 Å². The lowest BCUT2D eigenvalue weighted by Gasteiger charge is -2.41. The van der Waals surface area contributed by atoms with E-state index in [-0.39, 0.29) is 12.0 Å². The highest BCUT2D eigenvalue weighted by Gasteiger charge is 2.33. The van der Waals surface area contributed by atoms with Crippen LogP contribution in [0, 0.1) is 24.2 Å². The standard InChI is InChI=1S/C24H35ClN4O/c1-18-16-28(12-13-29(18)24(30)20-8-4-5-9-20)17-21-14-22(25)15-23(19(21)2)27-11-7-3-6-10-26/h14-15,18,20,27H,3-9,11-13,16-17H2,1-2H3/t18-/m0/s1. The molecule has 0 unspecified atom stereocenters. The average molecular weight is 431 g/mol. The van der Waals surface area contributed by atoms with Gasteiger partial charge in [-0.05, 0) is 62.8 Å². The van der Waals surface area contributed by atoms with Crippen LogP contribution in [0.25, 0.3) is 0 Å². The van der Waals surface area contributed by atoms with E-state index in [0.29, 0.717) is 12.3 Å². The molecule has 1 N–H and O–H groups in total. The minimum Gasteiger partial charge on any atom is -0.385 e. The first kappa shape index (κ1) is 22.9. The number of piperazine rings is 1. The maximum Gasteiger partial charge on any atom is 0.226 e. The molecule has 5 nitrogen and oxygen atoms in total. The van der Waals surface area contributed by atoms with Gasteiger partial charge in [-0.25, -0.2) is 0 Å². The molecule has 1 amide bonds. The molecule has 1 saturated carbocycles. The molecular weight excluding hydrogens is 396 g/mol. The van der Waals surface area contributed by atoms with Gasteiger partial charge in [0.05, 0.1) is 6.07 Å². The summed E-state index contributed by atoms with van der Waals surface area (Å²) in [5.74, 6) is 0.637. The van der Waals surface area contributed by atoms with Crippen molar-refractivity contribution >= 4 is 23.2 Å². The van der Waals surface area contributed by atoms with Crippen molar-refractivity contribution in [3.8, 4) is 6.07 Å². The fourth-order valence-electron chi connectivity index (χ4n) is 4.79. The summed E-state index contributed by atoms with van der Waals surface area (Å²) in [4.78, 5) is 17.4. The topological polar surface area (TPSA) is 59.4 Å². The predicted octanol–water partition coefficient (Wildman–Crippen LogP) is 4.98. The van der Waals surface area contributed by atoms with Gasteiger partial charge in [-0.3, -0.25) is 9.69 Å². The number of hydrogen-bond donors (Lipinski definition) is 1. The number of carbonyl (C=O) groups excluding carboxylic acids is 1. The maximum absolute atomic E-state index is 12.8. The number of unbranched alkanes of at least 4 members (excludes halogenated alkanes) is 2. The van der Waals surface area contributed by atoms with Crippen molar-refractivity contribution in [3.05, 3.63) is 28.3 Å². The Bertz CT molecular complexity index is 769. The zero-order valence-corrected chi connectivity index (χ0v) is 19.2. The Morgan fingerprint density at radius 1 is 1.27 bits per heavy atom. The first-order valence-electron chi connectivity index (χ1n) is 11.4. The highest BCUT2D eigenvalue weighted by Crippen LogP contribution is 2.29. The molecule has 1 aliphatic heterocycles. The van der Waals surface area contributed by atoms with Crippen LogP contribution in [0.15, 0.2) is 12.1 Å². The van der Waals surface area contributed by atoms with Gasteiger partial charge in [0.25, 0.3) is 0 Å². The number of anilines is 1. The van der Waals surface area contributed by atoms with Crippen molar-refractivity contribution in [2.45, 2.75) is 71.4 Å². The second-order valence-corrected chi connectivity index (χ2v) is 9.31. The van der Waals surface area contributed by atoms with Crippen LogP contribution in [0.3, 0.4) is 0 Å². The Morgan fingerprint density at radius 2 is 2.03 bits per heavy atom. The van der Waals surface area contributed by atoms with E-state index < -0.39 is 0 Å². The fraction of sp³-hybridized carbons (Fsp3) is 0.667. The van der Waals surface area contributed by atoms with Crippen molar-refractivity contribution in [2.24, 2.45) is 5.92 Å². The number of benzene rings is 1. The van der Waals surface area contributed by atoms with Gasteiger partial charge in [0.1, 0.15) is 0 Å². The number of nitrogens with zero attached hydrogens (tertiary/aromatic N) is 3. The van der Waals surface area contributed by atoms with E-state index in [1.54, 1.807) is 0 Å². The molecule has 30 heavy (non-hydrogen) atoms. The summed E-state index contributed by atoms with van der Waals surface area (Å²) in [6.07, 6.45) is 7.04. The summed E-state index contributed by atoms with van der Waals surface area (Å²) in [5.41, 5.74) is 3.55. The summed E-state index contributed by atoms with van der Waals surface area (Å²) in [7, 11) is 0. The number of amides is 1. The molecule has 0 radical (unpaired) electrons. The van der Waals surface area contributed by atoms with E-state index in [9.17, 15) is 4.79 Å². The van der Waals surface area contributed by atoms with Gasteiger partial charge >= 0.3 is 0 Å². The van der Waals surface area contributed by atoms with E-state index in [0.717, 1.165) is 69.1 Å². The zero-order valence-electron chi connectivity index (χ0n) is 18.4. The predicted molar refractivity (Wildman–Crippen MR) is 123 cm³/mol. The molecule has 2 aliphatic rings. The Hall–Kier alpha value is -1.77. The molecule has 6 heteroatoms. The monoisotopic (exact) mass is 430 g/mol. The van der Waals surface area contributed by atoms with Crippen molar-refractivity contribution in [3.63, 3.8) is 0 Å². The van der Waals surface area contributed by atoms with Crippen molar-refractivity contribution in [2.75, 3.05) is 31.5 Å². The van der Waals surface area contributed by atoms with Crippen LogP contribution in [0.2, 0.25) is 5.02 Å². The number of rotatable bonds is 8. The lowest BCUT2D eigenvalue weighted by molar-refractivity contribution is -0.140. The van der Waals surface area contributed by atoms with E-state index >= 15 is 0 Å². The third kappa shape index (κ3) is 5.89. The average Bonchev–Trinajstić information content (AvgIpc) is 3.25. The minimum atomic E-state index is 0.254. The van der Waals surface area contributed by atoms with Crippen LogP contribution in [0.5, 0.6) is 0 Å². The zero-order chi connectivity index (χ0) is 21.5. The number of halogens is 1. The molecule has 3 rings (SSSR count). The quantitative estimate of drug-likeness (QED) is 0.591. The van der Waals surface area contributed by atoms with Gasteiger partial charge in [0, 0.05) is 61.8 Å². The second kappa shape index (κ2) is 11.0. The molecule has 1 aromatic rings. The molecule has 2 fully saturated rings. The molecule has 1 aromatic carbocycles. The smallest absolute Gasteiger partial charge is 0.226 e. The van der Waals surface area contributed by atoms with Crippen LogP contribution in [0.1, 0.15) is 63.0 Å². The number of nitrogens with one attached hydrogen (secondary N) is 1. The molecule has 1 atom stereocenters. The van der Waals surface area contributed by atoms with Crippen LogP contribution in [0.4, 0.5) is 5.69 Å². The lowest BCUT2D eigenvalue weighted by atomic mass is 10.0. The SMILES string of the molecule is Cc1c(CN2CCN(C(=O)C3CCCC3)[C@@H](C)C2)cc(Cl)cc1NCCCCC#N. The van der Waals surface area contributed by atoms with E-state index in [1.165, 1.54) is 24.0 Å². The summed E-state index contributed by atoms with van der Waals surface area (Å²) in [5, 5.41) is 12.9. The van der Waals surface area contributed by atoms with Crippen molar-refractivity contribution < 1.29 is 4.79 Å². The van der Waals surface area contributed by atoms with E-state index in [1.807, 2.05) is 6.07 Å². The van der Waals surface area contributed by atoms with Crippen LogP contribution in [-0.2, 0) is 11.3 Å². The molecular formula is C24H35ClN4O. The summed E-state index contributed by atoms with van der Waals surface area (Å²) < 4.78 is 0. The number of hydrogen-bond acceptors (Lipinski definition) is 4. The van der Waals surface area contributed by atoms with Crippen LogP contribution in [-0.4, -0.2) is 47.9 Å². The van der Waals surface area contributed by atoms with Gasteiger partial charge in [0.15, 0.2) is 0 Å². The van der Waals surface area contributed by atoms with Gasteiger partial charge in [0.2, 0.25) is 5.91 Å². The van der Waals surface area contributed by atoms with E-state index in [4.69, 9.17) is 16.9 Å². The molecule has 1 aliphatic carbocycles. The second-order valence-electron chi connectivity index (χ2n) is 8.88. The largest absolute Gasteiger partial charge is 0.385 e. The number of nitriles is 1. The number of carbonyl (C=O) groups is 1. The first-order valence-corrected chi connectivity index (χ1v) is 11.8. The Kier molecular flexibility index (Phi) is 8.41. The third-order valence-electron chi connectivity index (χ3n) is 6.60. The normalized spacial score (nSPS) is 20.3. The Labute approximate surface area is 186 Å². The van der Waals surface area contributed by atoms with Gasteiger partial charge < -0.3 is 10.2 Å². The Balaban J connectivity index is 1.57. The highest BCUT2D eigenvalue weighted by atomic mass is 35.5. The van der Waals surface area contributed by atoms with Crippen LogP contribution >= 0.6 is 11.6 Å². The van der Waals surface area contributed by atoms with Crippen molar-refractivity contribution in [1.29, 1.82) is 5.26 Å². The molecule has 1 heterocycles. The molecule has 1 saturated heterocycles. The van der Waals surface area contributed by atoms with Crippen LogP contribution < -0.4 is 5.32 Å². The lowest BCUT2D eigenvalue weighted by Crippen LogP contribution is -2.54. The Morgan fingerprint density at radius 3 is 2.73 bits per heavy atom. The molecule has 164 valence electrons.